The van der Waals surface area contributed by atoms with Gasteiger partial charge >= 0.3 is 0 Å². The topological polar surface area (TPSA) is 12.9 Å². The standard InChI is InChI=1S/C18H27N2/c1-3-5-13-20(14-6-4-2)15-9-18(10-16-20)17-7-11-19-12-8-17/h7-12,15H,3-6,13-14,16H2,1-2H3/q+1. The number of allylic oxidation sites excluding steroid dienone is 2. The van der Waals surface area contributed by atoms with Gasteiger partial charge in [-0.25, -0.2) is 0 Å². The molecule has 0 atom stereocenters. The molecule has 0 unspecified atom stereocenters. The van der Waals surface area contributed by atoms with Crippen molar-refractivity contribution in [3.8, 4) is 0 Å². The van der Waals surface area contributed by atoms with Crippen LogP contribution in [0.5, 0.6) is 0 Å². The molecule has 0 aliphatic carbocycles. The summed E-state index contributed by atoms with van der Waals surface area (Å²) in [5, 5.41) is 0. The van der Waals surface area contributed by atoms with Crippen LogP contribution in [0.4, 0.5) is 0 Å². The lowest BCUT2D eigenvalue weighted by molar-refractivity contribution is -0.874. The summed E-state index contributed by atoms with van der Waals surface area (Å²) in [6.45, 7) is 8.23. The van der Waals surface area contributed by atoms with E-state index in [-0.39, 0.29) is 0 Å². The highest BCUT2D eigenvalue weighted by molar-refractivity contribution is 5.73. The fourth-order valence-corrected chi connectivity index (χ4v) is 2.80. The Hall–Kier alpha value is -1.41. The molecule has 2 heterocycles. The summed E-state index contributed by atoms with van der Waals surface area (Å²) >= 11 is 0. The Labute approximate surface area is 123 Å². The number of rotatable bonds is 7. The van der Waals surface area contributed by atoms with Gasteiger partial charge in [0, 0.05) is 12.4 Å². The van der Waals surface area contributed by atoms with Crippen LogP contribution in [0.3, 0.4) is 0 Å². The van der Waals surface area contributed by atoms with Crippen molar-refractivity contribution in [2.45, 2.75) is 39.5 Å². The highest BCUT2D eigenvalue weighted by atomic mass is 15.3. The van der Waals surface area contributed by atoms with Gasteiger partial charge in [0.25, 0.3) is 0 Å². The van der Waals surface area contributed by atoms with Gasteiger partial charge in [0.15, 0.2) is 0 Å². The maximum atomic E-state index is 4.09. The van der Waals surface area contributed by atoms with Crippen molar-refractivity contribution in [2.75, 3.05) is 19.6 Å². The number of hydrogen-bond donors (Lipinski definition) is 0. The van der Waals surface area contributed by atoms with E-state index < -0.39 is 0 Å². The molecule has 0 saturated carbocycles. The Morgan fingerprint density at radius 3 is 2.20 bits per heavy atom. The molecule has 0 amide bonds. The van der Waals surface area contributed by atoms with E-state index in [4.69, 9.17) is 0 Å². The van der Waals surface area contributed by atoms with Gasteiger partial charge in [0.1, 0.15) is 6.54 Å². The summed E-state index contributed by atoms with van der Waals surface area (Å²) < 4.78 is 1.14. The maximum absolute atomic E-state index is 4.09. The molecule has 0 fully saturated rings. The minimum Gasteiger partial charge on any atom is -0.294 e. The molecule has 0 spiro atoms. The zero-order valence-electron chi connectivity index (χ0n) is 12.9. The van der Waals surface area contributed by atoms with Crippen molar-refractivity contribution in [2.24, 2.45) is 0 Å². The molecule has 1 aromatic heterocycles. The highest BCUT2D eigenvalue weighted by Gasteiger charge is 2.25. The first-order valence-electron chi connectivity index (χ1n) is 7.95. The van der Waals surface area contributed by atoms with E-state index in [9.17, 15) is 0 Å². The molecule has 1 aliphatic rings. The van der Waals surface area contributed by atoms with E-state index >= 15 is 0 Å². The van der Waals surface area contributed by atoms with Crippen LogP contribution in [-0.4, -0.2) is 29.1 Å². The second-order valence-corrected chi connectivity index (χ2v) is 5.77. The van der Waals surface area contributed by atoms with Crippen molar-refractivity contribution in [1.82, 2.24) is 4.98 Å². The molecule has 0 aromatic carbocycles. The number of aromatic nitrogens is 1. The van der Waals surface area contributed by atoms with E-state index in [1.807, 2.05) is 12.4 Å². The SMILES string of the molecule is CCCC[N+]1(CCCC)C=CC(c2ccncc2)=CC1. The van der Waals surface area contributed by atoms with Crippen LogP contribution in [0.25, 0.3) is 5.57 Å². The van der Waals surface area contributed by atoms with Gasteiger partial charge in [-0.3, -0.25) is 9.47 Å². The normalized spacial score (nSPS) is 17.0. The third-order valence-electron chi connectivity index (χ3n) is 4.17. The molecule has 0 saturated heterocycles. The fourth-order valence-electron chi connectivity index (χ4n) is 2.80. The van der Waals surface area contributed by atoms with Crippen LogP contribution in [0.15, 0.2) is 42.9 Å². The third-order valence-corrected chi connectivity index (χ3v) is 4.17. The minimum atomic E-state index is 1.13. The van der Waals surface area contributed by atoms with E-state index in [0.717, 1.165) is 11.0 Å². The monoisotopic (exact) mass is 271 g/mol. The molecule has 0 N–H and O–H groups in total. The summed E-state index contributed by atoms with van der Waals surface area (Å²) in [5.41, 5.74) is 2.62. The molecule has 20 heavy (non-hydrogen) atoms. The summed E-state index contributed by atoms with van der Waals surface area (Å²) in [6.07, 6.45) is 16.1. The molecule has 1 aliphatic heterocycles. The van der Waals surface area contributed by atoms with Gasteiger partial charge < -0.3 is 0 Å². The molecular weight excluding hydrogens is 244 g/mol. The largest absolute Gasteiger partial charge is 0.294 e. The first-order valence-corrected chi connectivity index (χ1v) is 7.95. The average molecular weight is 271 g/mol. The van der Waals surface area contributed by atoms with E-state index in [0.29, 0.717) is 0 Å². The van der Waals surface area contributed by atoms with Crippen molar-refractivity contribution in [3.63, 3.8) is 0 Å². The lowest BCUT2D eigenvalue weighted by Crippen LogP contribution is -2.45. The number of unbranched alkanes of at least 4 members (excludes halogenated alkanes) is 2. The van der Waals surface area contributed by atoms with Crippen LogP contribution in [0, 0.1) is 0 Å². The average Bonchev–Trinajstić information content (AvgIpc) is 2.53. The number of quaternary nitrogens is 1. The van der Waals surface area contributed by atoms with Gasteiger partial charge in [0.2, 0.25) is 0 Å². The number of pyridine rings is 1. The lowest BCUT2D eigenvalue weighted by Gasteiger charge is -2.36. The van der Waals surface area contributed by atoms with Crippen LogP contribution in [0.2, 0.25) is 0 Å². The van der Waals surface area contributed by atoms with E-state index in [1.54, 1.807) is 0 Å². The lowest BCUT2D eigenvalue weighted by atomic mass is 10.0. The van der Waals surface area contributed by atoms with Crippen molar-refractivity contribution >= 4 is 5.57 Å². The van der Waals surface area contributed by atoms with Crippen molar-refractivity contribution in [3.05, 3.63) is 48.4 Å². The van der Waals surface area contributed by atoms with Crippen LogP contribution in [0.1, 0.15) is 45.1 Å². The van der Waals surface area contributed by atoms with Gasteiger partial charge in [-0.05, 0) is 48.3 Å². The smallest absolute Gasteiger partial charge is 0.102 e. The highest BCUT2D eigenvalue weighted by Crippen LogP contribution is 2.24. The summed E-state index contributed by atoms with van der Waals surface area (Å²) in [5.74, 6) is 0. The quantitative estimate of drug-likeness (QED) is 0.669. The zero-order valence-corrected chi connectivity index (χ0v) is 12.9. The summed E-state index contributed by atoms with van der Waals surface area (Å²) in [7, 11) is 0. The van der Waals surface area contributed by atoms with Crippen LogP contribution in [-0.2, 0) is 0 Å². The molecule has 2 heteroatoms. The Bertz CT molecular complexity index is 452. The molecular formula is C18H27N2+. The number of nitrogens with zero attached hydrogens (tertiary/aromatic N) is 2. The van der Waals surface area contributed by atoms with Gasteiger partial charge in [-0.2, -0.15) is 0 Å². The molecule has 0 radical (unpaired) electrons. The van der Waals surface area contributed by atoms with Crippen LogP contribution >= 0.6 is 0 Å². The predicted octanol–water partition coefficient (Wildman–Crippen LogP) is 4.41. The Balaban J connectivity index is 2.08. The first kappa shape index (κ1) is 15.0. The Morgan fingerprint density at radius 2 is 1.70 bits per heavy atom. The summed E-state index contributed by atoms with van der Waals surface area (Å²) in [4.78, 5) is 4.09. The number of hydrogen-bond acceptors (Lipinski definition) is 1. The minimum absolute atomic E-state index is 1.13. The summed E-state index contributed by atoms with van der Waals surface area (Å²) in [6, 6.07) is 4.18. The van der Waals surface area contributed by atoms with Crippen LogP contribution < -0.4 is 0 Å². The van der Waals surface area contributed by atoms with Crippen molar-refractivity contribution in [1.29, 1.82) is 0 Å². The zero-order chi connectivity index (χ0) is 14.3. The van der Waals surface area contributed by atoms with Gasteiger partial charge in [-0.1, -0.05) is 26.7 Å². The Kier molecular flexibility index (Phi) is 5.54. The fraction of sp³-hybridized carbons (Fsp3) is 0.500. The second kappa shape index (κ2) is 7.39. The molecule has 108 valence electrons. The maximum Gasteiger partial charge on any atom is 0.102 e. The first-order chi connectivity index (χ1) is 9.79. The van der Waals surface area contributed by atoms with Crippen molar-refractivity contribution < 1.29 is 4.48 Å². The molecule has 2 nitrogen and oxygen atoms in total. The third kappa shape index (κ3) is 3.80. The Morgan fingerprint density at radius 1 is 1.05 bits per heavy atom. The predicted molar refractivity (Wildman–Crippen MR) is 86.0 cm³/mol. The van der Waals surface area contributed by atoms with Gasteiger partial charge in [-0.15, -0.1) is 0 Å². The van der Waals surface area contributed by atoms with Gasteiger partial charge in [0.05, 0.1) is 19.3 Å². The van der Waals surface area contributed by atoms with E-state index in [1.165, 1.54) is 49.9 Å². The van der Waals surface area contributed by atoms with E-state index in [2.05, 4.69) is 49.3 Å². The molecule has 2 rings (SSSR count). The molecule has 0 bridgehead atoms. The second-order valence-electron chi connectivity index (χ2n) is 5.77. The molecule has 1 aromatic rings.